The highest BCUT2D eigenvalue weighted by molar-refractivity contribution is 5.74. The van der Waals surface area contributed by atoms with Crippen molar-refractivity contribution in [2.45, 2.75) is 76.9 Å². The minimum absolute atomic E-state index is 0.148. The van der Waals surface area contributed by atoms with E-state index in [4.69, 9.17) is 4.74 Å². The largest absolute Gasteiger partial charge is 0.385 e. The zero-order valence-corrected chi connectivity index (χ0v) is 15.7. The molecule has 5 nitrogen and oxygen atoms in total. The lowest BCUT2D eigenvalue weighted by molar-refractivity contribution is 0.0691. The van der Waals surface area contributed by atoms with Gasteiger partial charge in [-0.3, -0.25) is 4.90 Å². The van der Waals surface area contributed by atoms with E-state index >= 15 is 0 Å². The summed E-state index contributed by atoms with van der Waals surface area (Å²) in [5.74, 6) is 0. The summed E-state index contributed by atoms with van der Waals surface area (Å²) < 4.78 is 5.25. The summed E-state index contributed by atoms with van der Waals surface area (Å²) in [6.07, 6.45) is 8.47. The third-order valence-corrected chi connectivity index (χ3v) is 6.59. The van der Waals surface area contributed by atoms with E-state index in [-0.39, 0.29) is 6.03 Å². The molecule has 0 spiro atoms. The second kappa shape index (κ2) is 7.61. The molecule has 24 heavy (non-hydrogen) atoms. The van der Waals surface area contributed by atoms with Crippen LogP contribution in [0, 0.1) is 5.41 Å². The van der Waals surface area contributed by atoms with E-state index in [0.717, 1.165) is 39.1 Å². The summed E-state index contributed by atoms with van der Waals surface area (Å²) in [7, 11) is 1.76. The van der Waals surface area contributed by atoms with E-state index in [1.807, 2.05) is 0 Å². The second-order valence-corrected chi connectivity index (χ2v) is 8.42. The Balaban J connectivity index is 1.52. The summed E-state index contributed by atoms with van der Waals surface area (Å²) in [6.45, 7) is 7.99. The zero-order valence-electron chi connectivity index (χ0n) is 15.7. The second-order valence-electron chi connectivity index (χ2n) is 8.42. The fourth-order valence-corrected chi connectivity index (χ4v) is 5.02. The normalized spacial score (nSPS) is 29.4. The fraction of sp³-hybridized carbons (Fsp3) is 0.947. The van der Waals surface area contributed by atoms with Crippen LogP contribution in [-0.4, -0.2) is 67.3 Å². The van der Waals surface area contributed by atoms with Crippen molar-refractivity contribution in [3.05, 3.63) is 0 Å². The number of carbonyl (C=O) groups is 1. The van der Waals surface area contributed by atoms with Gasteiger partial charge in [-0.2, -0.15) is 0 Å². The first-order valence-corrected chi connectivity index (χ1v) is 9.84. The monoisotopic (exact) mass is 337 g/mol. The lowest BCUT2D eigenvalue weighted by Crippen LogP contribution is -2.50. The summed E-state index contributed by atoms with van der Waals surface area (Å²) in [5, 5.41) is 3.25. The third-order valence-electron chi connectivity index (χ3n) is 6.59. The number of ether oxygens (including phenoxy) is 1. The van der Waals surface area contributed by atoms with Gasteiger partial charge in [-0.05, 0) is 57.8 Å². The number of methoxy groups -OCH3 is 1. The van der Waals surface area contributed by atoms with Crippen molar-refractivity contribution >= 4 is 6.03 Å². The van der Waals surface area contributed by atoms with Crippen LogP contribution in [0.2, 0.25) is 0 Å². The van der Waals surface area contributed by atoms with Gasteiger partial charge in [0, 0.05) is 51.5 Å². The number of urea groups is 1. The Labute approximate surface area is 147 Å². The van der Waals surface area contributed by atoms with Crippen LogP contribution in [-0.2, 0) is 4.74 Å². The van der Waals surface area contributed by atoms with Gasteiger partial charge < -0.3 is 15.0 Å². The lowest BCUT2D eigenvalue weighted by atomic mass is 9.67. The van der Waals surface area contributed by atoms with Crippen molar-refractivity contribution in [1.29, 1.82) is 0 Å². The van der Waals surface area contributed by atoms with Crippen molar-refractivity contribution in [3.63, 3.8) is 0 Å². The number of nitrogens with one attached hydrogen (secondary N) is 1. The lowest BCUT2D eigenvalue weighted by Gasteiger charge is -2.42. The molecular weight excluding hydrogens is 302 g/mol. The molecule has 2 unspecified atom stereocenters. The number of fused-ring (bicyclic) bond motifs is 2. The maximum Gasteiger partial charge on any atom is 0.317 e. The third kappa shape index (κ3) is 3.72. The van der Waals surface area contributed by atoms with Crippen molar-refractivity contribution in [1.82, 2.24) is 15.1 Å². The average Bonchev–Trinajstić information content (AvgIpc) is 2.80. The van der Waals surface area contributed by atoms with Gasteiger partial charge in [-0.15, -0.1) is 0 Å². The van der Waals surface area contributed by atoms with Gasteiger partial charge in [-0.25, -0.2) is 4.79 Å². The maximum absolute atomic E-state index is 12.7. The molecule has 3 fully saturated rings. The molecule has 0 radical (unpaired) electrons. The Morgan fingerprint density at radius 2 is 2.00 bits per heavy atom. The topological polar surface area (TPSA) is 44.8 Å². The predicted molar refractivity (Wildman–Crippen MR) is 96.2 cm³/mol. The van der Waals surface area contributed by atoms with E-state index in [1.165, 1.54) is 32.1 Å². The van der Waals surface area contributed by atoms with Gasteiger partial charge in [0.1, 0.15) is 0 Å². The van der Waals surface area contributed by atoms with Crippen molar-refractivity contribution < 1.29 is 9.53 Å². The van der Waals surface area contributed by atoms with Gasteiger partial charge in [0.05, 0.1) is 0 Å². The van der Waals surface area contributed by atoms with E-state index in [0.29, 0.717) is 23.5 Å². The molecule has 1 saturated carbocycles. The van der Waals surface area contributed by atoms with Gasteiger partial charge >= 0.3 is 6.03 Å². The molecule has 0 aromatic heterocycles. The number of amides is 2. The SMILES string of the molecule is COCCC1(CNC(=O)N2CCC3CCC(C2)N3C(C)C)CCC1. The molecule has 2 amide bonds. The van der Waals surface area contributed by atoms with Crippen LogP contribution in [0.4, 0.5) is 4.79 Å². The van der Waals surface area contributed by atoms with E-state index < -0.39 is 0 Å². The number of carbonyl (C=O) groups excluding carboxylic acids is 1. The maximum atomic E-state index is 12.7. The van der Waals surface area contributed by atoms with E-state index in [2.05, 4.69) is 29.0 Å². The van der Waals surface area contributed by atoms with Crippen LogP contribution in [0.25, 0.3) is 0 Å². The van der Waals surface area contributed by atoms with Gasteiger partial charge in [0.15, 0.2) is 0 Å². The Morgan fingerprint density at radius 3 is 2.62 bits per heavy atom. The van der Waals surface area contributed by atoms with Crippen LogP contribution >= 0.6 is 0 Å². The molecule has 5 heteroatoms. The number of nitrogens with zero attached hydrogens (tertiary/aromatic N) is 2. The summed E-state index contributed by atoms with van der Waals surface area (Å²) >= 11 is 0. The first kappa shape index (κ1) is 18.0. The molecule has 2 heterocycles. The first-order chi connectivity index (χ1) is 11.5. The molecule has 138 valence electrons. The summed E-state index contributed by atoms with van der Waals surface area (Å²) in [4.78, 5) is 17.5. The Hall–Kier alpha value is -0.810. The standard InChI is InChI=1S/C19H35N3O2/c1-15(2)22-16-5-6-17(22)13-21(11-7-16)18(23)20-14-19(8-4-9-19)10-12-24-3/h15-17H,4-14H2,1-3H3,(H,20,23). The van der Waals surface area contributed by atoms with Crippen LogP contribution in [0.1, 0.15) is 58.8 Å². The molecule has 3 rings (SSSR count). The van der Waals surface area contributed by atoms with Gasteiger partial charge in [-0.1, -0.05) is 6.42 Å². The highest BCUT2D eigenvalue weighted by Crippen LogP contribution is 2.43. The Bertz CT molecular complexity index is 436. The van der Waals surface area contributed by atoms with Gasteiger partial charge in [0.25, 0.3) is 0 Å². The molecule has 1 aliphatic carbocycles. The quantitative estimate of drug-likeness (QED) is 0.810. The Kier molecular flexibility index (Phi) is 5.70. The molecule has 2 atom stereocenters. The highest BCUT2D eigenvalue weighted by Gasteiger charge is 2.40. The molecule has 0 aromatic rings. The van der Waals surface area contributed by atoms with E-state index in [1.54, 1.807) is 7.11 Å². The van der Waals surface area contributed by atoms with Gasteiger partial charge in [0.2, 0.25) is 0 Å². The van der Waals surface area contributed by atoms with Crippen LogP contribution < -0.4 is 5.32 Å². The molecular formula is C19H35N3O2. The van der Waals surface area contributed by atoms with Crippen LogP contribution in [0.15, 0.2) is 0 Å². The first-order valence-electron chi connectivity index (χ1n) is 9.84. The number of hydrogen-bond donors (Lipinski definition) is 1. The average molecular weight is 338 g/mol. The number of likely N-dealkylation sites (tertiary alicyclic amines) is 1. The van der Waals surface area contributed by atoms with Crippen molar-refractivity contribution in [2.75, 3.05) is 33.4 Å². The minimum atomic E-state index is 0.148. The molecule has 2 bridgehead atoms. The minimum Gasteiger partial charge on any atom is -0.385 e. The summed E-state index contributed by atoms with van der Waals surface area (Å²) in [5.41, 5.74) is 0.292. The smallest absolute Gasteiger partial charge is 0.317 e. The van der Waals surface area contributed by atoms with Crippen molar-refractivity contribution in [2.24, 2.45) is 5.41 Å². The Morgan fingerprint density at radius 1 is 1.25 bits per heavy atom. The summed E-state index contributed by atoms with van der Waals surface area (Å²) in [6, 6.07) is 1.95. The highest BCUT2D eigenvalue weighted by atomic mass is 16.5. The van der Waals surface area contributed by atoms with Crippen LogP contribution in [0.3, 0.4) is 0 Å². The number of rotatable bonds is 6. The molecule has 1 N–H and O–H groups in total. The molecule has 0 aromatic carbocycles. The predicted octanol–water partition coefficient (Wildman–Crippen LogP) is 2.85. The van der Waals surface area contributed by atoms with Crippen molar-refractivity contribution in [3.8, 4) is 0 Å². The van der Waals surface area contributed by atoms with Crippen LogP contribution in [0.5, 0.6) is 0 Å². The number of hydrogen-bond acceptors (Lipinski definition) is 3. The zero-order chi connectivity index (χ0) is 17.2. The molecule has 2 aliphatic heterocycles. The molecule has 2 saturated heterocycles. The molecule has 3 aliphatic rings. The fourth-order valence-electron chi connectivity index (χ4n) is 5.02. The van der Waals surface area contributed by atoms with E-state index in [9.17, 15) is 4.79 Å².